The number of halogens is 2. The Morgan fingerprint density at radius 2 is 1.71 bits per heavy atom. The Kier molecular flexibility index (Phi) is 6.54. The number of fused-ring (bicyclic) bond motifs is 1. The highest BCUT2D eigenvalue weighted by Crippen LogP contribution is 2.42. The zero-order valence-corrected chi connectivity index (χ0v) is 18.4. The quantitative estimate of drug-likeness (QED) is 0.555. The first-order valence-electron chi connectivity index (χ1n) is 9.76. The molecule has 3 aromatic rings. The summed E-state index contributed by atoms with van der Waals surface area (Å²) in [6.07, 6.45) is 2.20. The molecule has 0 unspecified atom stereocenters. The molecule has 3 nitrogen and oxygen atoms in total. The van der Waals surface area contributed by atoms with Crippen LogP contribution < -0.4 is 5.32 Å². The van der Waals surface area contributed by atoms with Crippen LogP contribution in [0.3, 0.4) is 0 Å². The van der Waals surface area contributed by atoms with Crippen LogP contribution in [-0.4, -0.2) is 42.2 Å². The van der Waals surface area contributed by atoms with E-state index in [9.17, 15) is 0 Å². The van der Waals surface area contributed by atoms with Gasteiger partial charge in [-0.2, -0.15) is 0 Å². The topological polar surface area (TPSA) is 20.2 Å². The van der Waals surface area contributed by atoms with Gasteiger partial charge in [-0.1, -0.05) is 59.2 Å². The number of para-hydroxylation sites is 1. The summed E-state index contributed by atoms with van der Waals surface area (Å²) in [7, 11) is 2.13. The van der Waals surface area contributed by atoms with Crippen molar-refractivity contribution < 1.29 is 0 Å². The van der Waals surface area contributed by atoms with Crippen molar-refractivity contribution in [1.82, 2.24) is 14.8 Å². The van der Waals surface area contributed by atoms with E-state index in [1.165, 1.54) is 21.5 Å². The number of nitrogens with zero attached hydrogens (tertiary/aromatic N) is 2. The molecular formula is C22H25Cl2N3S. The van der Waals surface area contributed by atoms with Crippen molar-refractivity contribution in [3.05, 3.63) is 58.1 Å². The summed E-state index contributed by atoms with van der Waals surface area (Å²) in [5, 5.41) is 7.39. The molecule has 0 radical (unpaired) electrons. The molecule has 4 rings (SSSR count). The summed E-state index contributed by atoms with van der Waals surface area (Å²) >= 11 is 14.6. The molecule has 0 bridgehead atoms. The Morgan fingerprint density at radius 3 is 2.46 bits per heavy atom. The smallest absolute Gasteiger partial charge is 0.0838 e. The van der Waals surface area contributed by atoms with Gasteiger partial charge in [0.05, 0.1) is 20.0 Å². The van der Waals surface area contributed by atoms with E-state index in [0.29, 0.717) is 10.0 Å². The fourth-order valence-corrected chi connectivity index (χ4v) is 5.63. The molecule has 0 saturated carbocycles. The molecule has 1 saturated heterocycles. The predicted molar refractivity (Wildman–Crippen MR) is 121 cm³/mol. The molecule has 0 aliphatic carbocycles. The minimum absolute atomic E-state index is 0.703. The molecule has 1 aliphatic heterocycles. The third-order valence-corrected chi connectivity index (χ3v) is 7.59. The lowest BCUT2D eigenvalue weighted by Crippen LogP contribution is -2.43. The maximum absolute atomic E-state index is 6.46. The third-order valence-electron chi connectivity index (χ3n) is 5.38. The normalized spacial score (nSPS) is 15.4. The van der Waals surface area contributed by atoms with Crippen LogP contribution in [0.15, 0.2) is 52.4 Å². The molecule has 0 atom stereocenters. The standard InChI is InChI=1S/C22H25Cl2N3S/c1-26-20-10-3-2-6-16(20)17(7-5-13-27-14-11-25-12-15-27)22(26)28-21-18(23)8-4-9-19(21)24/h2-4,6,8-10,25H,5,7,11-15H2,1H3. The molecule has 2 aromatic carbocycles. The average molecular weight is 434 g/mol. The molecule has 28 heavy (non-hydrogen) atoms. The Morgan fingerprint density at radius 1 is 1.00 bits per heavy atom. The van der Waals surface area contributed by atoms with Crippen molar-refractivity contribution >= 4 is 45.9 Å². The van der Waals surface area contributed by atoms with Gasteiger partial charge in [0, 0.05) is 44.1 Å². The molecule has 0 amide bonds. The highest BCUT2D eigenvalue weighted by Gasteiger charge is 2.19. The highest BCUT2D eigenvalue weighted by atomic mass is 35.5. The van der Waals surface area contributed by atoms with Crippen LogP contribution in [0.4, 0.5) is 0 Å². The second-order valence-corrected chi connectivity index (χ2v) is 9.02. The summed E-state index contributed by atoms with van der Waals surface area (Å²) in [5.41, 5.74) is 2.65. The van der Waals surface area contributed by atoms with Crippen LogP contribution in [-0.2, 0) is 13.5 Å². The number of hydrogen-bond donors (Lipinski definition) is 1. The lowest BCUT2D eigenvalue weighted by atomic mass is 10.1. The zero-order valence-electron chi connectivity index (χ0n) is 16.0. The lowest BCUT2D eigenvalue weighted by Gasteiger charge is -2.27. The largest absolute Gasteiger partial charge is 0.338 e. The van der Waals surface area contributed by atoms with Gasteiger partial charge in [0.2, 0.25) is 0 Å². The molecule has 1 aromatic heterocycles. The van der Waals surface area contributed by atoms with Gasteiger partial charge in [0.25, 0.3) is 0 Å². The Balaban J connectivity index is 1.63. The summed E-state index contributed by atoms with van der Waals surface area (Å²) in [4.78, 5) is 3.49. The van der Waals surface area contributed by atoms with Gasteiger partial charge in [0.1, 0.15) is 0 Å². The second kappa shape index (κ2) is 9.10. The van der Waals surface area contributed by atoms with Gasteiger partial charge in [-0.05, 0) is 43.1 Å². The van der Waals surface area contributed by atoms with E-state index in [-0.39, 0.29) is 0 Å². The van der Waals surface area contributed by atoms with Crippen LogP contribution in [0, 0.1) is 0 Å². The van der Waals surface area contributed by atoms with Crippen LogP contribution >= 0.6 is 35.0 Å². The minimum Gasteiger partial charge on any atom is -0.338 e. The summed E-state index contributed by atoms with van der Waals surface area (Å²) in [6.45, 7) is 5.63. The molecule has 2 heterocycles. The third kappa shape index (κ3) is 4.22. The van der Waals surface area contributed by atoms with Crippen LogP contribution in [0.5, 0.6) is 0 Å². The van der Waals surface area contributed by atoms with Gasteiger partial charge >= 0.3 is 0 Å². The average Bonchev–Trinajstić information content (AvgIpc) is 2.98. The van der Waals surface area contributed by atoms with E-state index >= 15 is 0 Å². The first-order chi connectivity index (χ1) is 13.6. The van der Waals surface area contributed by atoms with E-state index in [1.54, 1.807) is 11.8 Å². The SMILES string of the molecule is Cn1c(Sc2c(Cl)cccc2Cl)c(CCCN2CCNCC2)c2ccccc21. The Hall–Kier alpha value is -1.17. The van der Waals surface area contributed by atoms with E-state index in [4.69, 9.17) is 23.2 Å². The first kappa shape index (κ1) is 20.1. The number of nitrogens with one attached hydrogen (secondary N) is 1. The summed E-state index contributed by atoms with van der Waals surface area (Å²) < 4.78 is 2.28. The molecule has 6 heteroatoms. The van der Waals surface area contributed by atoms with Gasteiger partial charge in [0.15, 0.2) is 0 Å². The van der Waals surface area contributed by atoms with Gasteiger partial charge < -0.3 is 14.8 Å². The van der Waals surface area contributed by atoms with Crippen LogP contribution in [0.1, 0.15) is 12.0 Å². The number of rotatable bonds is 6. The second-order valence-electron chi connectivity index (χ2n) is 7.21. The number of aromatic nitrogens is 1. The van der Waals surface area contributed by atoms with Crippen molar-refractivity contribution in [1.29, 1.82) is 0 Å². The van der Waals surface area contributed by atoms with Gasteiger partial charge in [-0.25, -0.2) is 0 Å². The molecule has 1 N–H and O–H groups in total. The van der Waals surface area contributed by atoms with Gasteiger partial charge in [-0.15, -0.1) is 0 Å². The molecule has 1 aliphatic rings. The van der Waals surface area contributed by atoms with Crippen molar-refractivity contribution in [2.24, 2.45) is 7.05 Å². The zero-order chi connectivity index (χ0) is 19.5. The number of piperazine rings is 1. The fraction of sp³-hybridized carbons (Fsp3) is 0.364. The first-order valence-corrected chi connectivity index (χ1v) is 11.3. The fourth-order valence-electron chi connectivity index (χ4n) is 3.91. The van der Waals surface area contributed by atoms with E-state index in [2.05, 4.69) is 46.1 Å². The minimum atomic E-state index is 0.703. The van der Waals surface area contributed by atoms with Crippen molar-refractivity contribution in [3.63, 3.8) is 0 Å². The highest BCUT2D eigenvalue weighted by molar-refractivity contribution is 7.99. The Bertz CT molecular complexity index is 944. The monoisotopic (exact) mass is 433 g/mol. The summed E-state index contributed by atoms with van der Waals surface area (Å²) in [6, 6.07) is 14.3. The van der Waals surface area contributed by atoms with E-state index in [1.807, 2.05) is 18.2 Å². The Labute approximate surface area is 181 Å². The maximum atomic E-state index is 6.46. The number of hydrogen-bond acceptors (Lipinski definition) is 3. The van der Waals surface area contributed by atoms with Crippen molar-refractivity contribution in [3.8, 4) is 0 Å². The van der Waals surface area contributed by atoms with E-state index < -0.39 is 0 Å². The van der Waals surface area contributed by atoms with E-state index in [0.717, 1.165) is 50.5 Å². The number of aryl methyl sites for hydroxylation is 2. The van der Waals surface area contributed by atoms with Crippen molar-refractivity contribution in [2.45, 2.75) is 22.8 Å². The molecule has 0 spiro atoms. The predicted octanol–water partition coefficient (Wildman–Crippen LogP) is 5.47. The molecular weight excluding hydrogens is 409 g/mol. The molecule has 1 fully saturated rings. The number of benzene rings is 2. The van der Waals surface area contributed by atoms with Crippen LogP contribution in [0.25, 0.3) is 10.9 Å². The van der Waals surface area contributed by atoms with Gasteiger partial charge in [-0.3, -0.25) is 0 Å². The summed E-state index contributed by atoms with van der Waals surface area (Å²) in [5.74, 6) is 0. The van der Waals surface area contributed by atoms with Crippen LogP contribution in [0.2, 0.25) is 10.0 Å². The molecule has 148 valence electrons. The lowest BCUT2D eigenvalue weighted by molar-refractivity contribution is 0.238. The maximum Gasteiger partial charge on any atom is 0.0838 e. The van der Waals surface area contributed by atoms with Crippen molar-refractivity contribution in [2.75, 3.05) is 32.7 Å².